The lowest BCUT2D eigenvalue weighted by atomic mass is 9.81. The summed E-state index contributed by atoms with van der Waals surface area (Å²) in [7, 11) is 0. The molecule has 0 saturated carbocycles. The lowest BCUT2D eigenvalue weighted by Gasteiger charge is -2.28. The second-order valence-corrected chi connectivity index (χ2v) is 7.19. The summed E-state index contributed by atoms with van der Waals surface area (Å²) in [5.74, 6) is 0.0116. The average Bonchev–Trinajstić information content (AvgIpc) is 2.88. The number of nitrogens with one attached hydrogen (secondary N) is 1. The third kappa shape index (κ3) is 3.76. The number of nitrogens with two attached hydrogens (primary N) is 1. The molecular weight excluding hydrogens is 272 g/mol. The molecule has 0 aromatic carbocycles. The summed E-state index contributed by atoms with van der Waals surface area (Å²) in [6, 6.07) is 0. The molecule has 0 radical (unpaired) electrons. The van der Waals surface area contributed by atoms with Crippen LogP contribution in [0.3, 0.4) is 0 Å². The molecule has 0 spiro atoms. The number of aromatic nitrogens is 2. The van der Waals surface area contributed by atoms with Crippen molar-refractivity contribution in [3.63, 3.8) is 0 Å². The summed E-state index contributed by atoms with van der Waals surface area (Å²) in [4.78, 5) is 12.3. The molecule has 1 rings (SSSR count). The highest BCUT2D eigenvalue weighted by Crippen LogP contribution is 2.27. The first-order valence-electron chi connectivity index (χ1n) is 7.10. The molecule has 0 atom stereocenters. The molecule has 0 fully saturated rings. The second-order valence-electron chi connectivity index (χ2n) is 6.13. The predicted octanol–water partition coefficient (Wildman–Crippen LogP) is 2.22. The maximum absolute atomic E-state index is 12.3. The molecular formula is C14H26N4OS. The van der Waals surface area contributed by atoms with Crippen molar-refractivity contribution in [1.82, 2.24) is 15.5 Å². The smallest absolute Gasteiger partial charge is 0.227 e. The molecule has 1 aromatic heterocycles. The average molecular weight is 298 g/mol. The molecule has 0 aliphatic carbocycles. The zero-order valence-electron chi connectivity index (χ0n) is 13.1. The highest BCUT2D eigenvalue weighted by atomic mass is 32.1. The van der Waals surface area contributed by atoms with Gasteiger partial charge in [-0.15, -0.1) is 10.2 Å². The van der Waals surface area contributed by atoms with Gasteiger partial charge in [0.1, 0.15) is 10.0 Å². The molecule has 1 amide bonds. The Kier molecular flexibility index (Phi) is 5.65. The molecule has 6 heteroatoms. The van der Waals surface area contributed by atoms with Crippen LogP contribution in [0.2, 0.25) is 0 Å². The third-order valence-electron chi connectivity index (χ3n) is 3.73. The Labute approximate surface area is 125 Å². The molecule has 5 nitrogen and oxygen atoms in total. The van der Waals surface area contributed by atoms with E-state index in [9.17, 15) is 4.79 Å². The van der Waals surface area contributed by atoms with Crippen LogP contribution in [0, 0.1) is 5.41 Å². The van der Waals surface area contributed by atoms with Gasteiger partial charge in [-0.1, -0.05) is 46.0 Å². The van der Waals surface area contributed by atoms with Crippen molar-refractivity contribution in [2.24, 2.45) is 11.1 Å². The van der Waals surface area contributed by atoms with Crippen molar-refractivity contribution in [3.8, 4) is 0 Å². The second kappa shape index (κ2) is 6.63. The van der Waals surface area contributed by atoms with Crippen molar-refractivity contribution in [1.29, 1.82) is 0 Å². The van der Waals surface area contributed by atoms with E-state index in [2.05, 4.69) is 36.3 Å². The number of carbonyl (C=O) groups is 1. The number of hydrogen-bond acceptors (Lipinski definition) is 5. The summed E-state index contributed by atoms with van der Waals surface area (Å²) >= 11 is 1.55. The van der Waals surface area contributed by atoms with Gasteiger partial charge in [0.2, 0.25) is 5.91 Å². The molecule has 1 aromatic rings. The monoisotopic (exact) mass is 298 g/mol. The van der Waals surface area contributed by atoms with Crippen LogP contribution in [0.5, 0.6) is 0 Å². The van der Waals surface area contributed by atoms with Gasteiger partial charge < -0.3 is 11.1 Å². The fourth-order valence-electron chi connectivity index (χ4n) is 1.92. The fourth-order valence-corrected chi connectivity index (χ4v) is 2.76. The maximum Gasteiger partial charge on any atom is 0.227 e. The molecule has 1 heterocycles. The van der Waals surface area contributed by atoms with E-state index in [-0.39, 0.29) is 11.3 Å². The number of hydrogen-bond donors (Lipinski definition) is 2. The van der Waals surface area contributed by atoms with Gasteiger partial charge in [-0.2, -0.15) is 0 Å². The van der Waals surface area contributed by atoms with Gasteiger partial charge >= 0.3 is 0 Å². The summed E-state index contributed by atoms with van der Waals surface area (Å²) in [6.45, 7) is 11.1. The van der Waals surface area contributed by atoms with E-state index < -0.39 is 5.41 Å². The minimum absolute atomic E-state index is 0.00617. The van der Waals surface area contributed by atoms with E-state index in [1.54, 1.807) is 11.3 Å². The minimum Gasteiger partial charge on any atom is -0.349 e. The van der Waals surface area contributed by atoms with Crippen LogP contribution in [-0.2, 0) is 16.8 Å². The summed E-state index contributed by atoms with van der Waals surface area (Å²) in [6.07, 6.45) is 1.49. The molecule has 114 valence electrons. The standard InChI is InChI=1S/C14H26N4OS/c1-6-14(7-2,9-15)11(19)16-8-10-17-18-12(20-10)13(3,4)5/h6-9,15H2,1-5H3,(H,16,19). The van der Waals surface area contributed by atoms with E-state index in [1.165, 1.54) is 0 Å². The van der Waals surface area contributed by atoms with Gasteiger partial charge in [0, 0.05) is 12.0 Å². The molecule has 0 aliphatic heterocycles. The Morgan fingerprint density at radius 3 is 2.25 bits per heavy atom. The number of carbonyl (C=O) groups excluding carboxylic acids is 1. The highest BCUT2D eigenvalue weighted by molar-refractivity contribution is 7.11. The van der Waals surface area contributed by atoms with Crippen molar-refractivity contribution in [2.75, 3.05) is 6.54 Å². The van der Waals surface area contributed by atoms with Crippen LogP contribution in [0.25, 0.3) is 0 Å². The van der Waals surface area contributed by atoms with Crippen molar-refractivity contribution in [2.45, 2.75) is 59.4 Å². The van der Waals surface area contributed by atoms with E-state index in [4.69, 9.17) is 5.73 Å². The number of rotatable bonds is 6. The van der Waals surface area contributed by atoms with Crippen LogP contribution in [0.15, 0.2) is 0 Å². The predicted molar refractivity (Wildman–Crippen MR) is 82.5 cm³/mol. The zero-order valence-corrected chi connectivity index (χ0v) is 13.9. The van der Waals surface area contributed by atoms with Crippen LogP contribution in [0.4, 0.5) is 0 Å². The lowest BCUT2D eigenvalue weighted by Crippen LogP contribution is -2.45. The Morgan fingerprint density at radius 1 is 1.25 bits per heavy atom. The highest BCUT2D eigenvalue weighted by Gasteiger charge is 2.33. The maximum atomic E-state index is 12.3. The molecule has 0 unspecified atom stereocenters. The van der Waals surface area contributed by atoms with Gasteiger partial charge in [-0.25, -0.2) is 0 Å². The zero-order chi connectivity index (χ0) is 15.4. The van der Waals surface area contributed by atoms with Crippen LogP contribution in [-0.4, -0.2) is 22.6 Å². The molecule has 20 heavy (non-hydrogen) atoms. The van der Waals surface area contributed by atoms with Crippen LogP contribution >= 0.6 is 11.3 Å². The first-order chi connectivity index (χ1) is 9.29. The normalized spacial score (nSPS) is 12.5. The molecule has 0 saturated heterocycles. The topological polar surface area (TPSA) is 80.9 Å². The SMILES string of the molecule is CCC(CC)(CN)C(=O)NCc1nnc(C(C)(C)C)s1. The van der Waals surface area contributed by atoms with E-state index in [0.717, 1.165) is 22.9 Å². The van der Waals surface area contributed by atoms with Gasteiger partial charge in [0.05, 0.1) is 12.0 Å². The van der Waals surface area contributed by atoms with E-state index in [0.29, 0.717) is 13.1 Å². The first-order valence-corrected chi connectivity index (χ1v) is 7.92. The summed E-state index contributed by atoms with van der Waals surface area (Å²) in [5, 5.41) is 13.1. The van der Waals surface area contributed by atoms with Crippen molar-refractivity contribution in [3.05, 3.63) is 10.0 Å². The van der Waals surface area contributed by atoms with Gasteiger partial charge in [0.25, 0.3) is 0 Å². The van der Waals surface area contributed by atoms with Gasteiger partial charge in [0.15, 0.2) is 0 Å². The Bertz CT molecular complexity index is 438. The van der Waals surface area contributed by atoms with Gasteiger partial charge in [-0.3, -0.25) is 4.79 Å². The largest absolute Gasteiger partial charge is 0.349 e. The minimum atomic E-state index is -0.461. The summed E-state index contributed by atoms with van der Waals surface area (Å²) < 4.78 is 0. The number of amides is 1. The van der Waals surface area contributed by atoms with Gasteiger partial charge in [-0.05, 0) is 12.8 Å². The fraction of sp³-hybridized carbons (Fsp3) is 0.786. The molecule has 0 aliphatic rings. The first kappa shape index (κ1) is 17.0. The van der Waals surface area contributed by atoms with E-state index in [1.807, 2.05) is 13.8 Å². The Morgan fingerprint density at radius 2 is 1.85 bits per heavy atom. The van der Waals surface area contributed by atoms with Crippen LogP contribution in [0.1, 0.15) is 57.5 Å². The number of nitrogens with zero attached hydrogens (tertiary/aromatic N) is 2. The van der Waals surface area contributed by atoms with Crippen LogP contribution < -0.4 is 11.1 Å². The Balaban J connectivity index is 2.68. The van der Waals surface area contributed by atoms with Crippen molar-refractivity contribution < 1.29 is 4.79 Å². The molecule has 0 bridgehead atoms. The lowest BCUT2D eigenvalue weighted by molar-refractivity contribution is -0.131. The molecule has 3 N–H and O–H groups in total. The quantitative estimate of drug-likeness (QED) is 0.844. The van der Waals surface area contributed by atoms with E-state index >= 15 is 0 Å². The van der Waals surface area contributed by atoms with Crippen molar-refractivity contribution >= 4 is 17.2 Å². The third-order valence-corrected chi connectivity index (χ3v) is 5.08. The Hall–Kier alpha value is -1.01. The summed E-state index contributed by atoms with van der Waals surface area (Å²) in [5.41, 5.74) is 5.31.